The lowest BCUT2D eigenvalue weighted by Crippen LogP contribution is -1.73. The van der Waals surface area contributed by atoms with E-state index in [4.69, 9.17) is 8.83 Å². The molecule has 108 valence electrons. The summed E-state index contributed by atoms with van der Waals surface area (Å²) in [6, 6.07) is 11.9. The van der Waals surface area contributed by atoms with Gasteiger partial charge in [0.15, 0.2) is 11.2 Å². The van der Waals surface area contributed by atoms with Crippen molar-refractivity contribution < 1.29 is 8.83 Å². The van der Waals surface area contributed by atoms with Crippen molar-refractivity contribution in [2.45, 2.75) is 13.8 Å². The van der Waals surface area contributed by atoms with Crippen LogP contribution in [0.5, 0.6) is 0 Å². The van der Waals surface area contributed by atoms with E-state index in [0.717, 1.165) is 33.3 Å². The summed E-state index contributed by atoms with van der Waals surface area (Å²) in [7, 11) is 0. The maximum atomic E-state index is 5.67. The Balaban J connectivity index is 1.68. The van der Waals surface area contributed by atoms with Crippen molar-refractivity contribution in [2.24, 2.45) is 0 Å². The highest BCUT2D eigenvalue weighted by Crippen LogP contribution is 2.20. The van der Waals surface area contributed by atoms with Crippen LogP contribution in [0.1, 0.15) is 22.9 Å². The molecule has 0 radical (unpaired) electrons. The first-order chi connectivity index (χ1) is 10.7. The third kappa shape index (κ3) is 2.29. The summed E-state index contributed by atoms with van der Waals surface area (Å²) in [5, 5.41) is 0. The first-order valence-electron chi connectivity index (χ1n) is 7.10. The summed E-state index contributed by atoms with van der Waals surface area (Å²) < 4.78 is 11.3. The molecule has 4 heteroatoms. The first kappa shape index (κ1) is 12.8. The minimum atomic E-state index is 0.541. The highest BCUT2D eigenvalue weighted by atomic mass is 16.4. The molecule has 0 N–H and O–H groups in total. The van der Waals surface area contributed by atoms with E-state index < -0.39 is 0 Å². The number of benzene rings is 2. The molecular weight excluding hydrogens is 276 g/mol. The van der Waals surface area contributed by atoms with Gasteiger partial charge in [-0.25, -0.2) is 9.97 Å². The molecule has 4 aromatic rings. The summed E-state index contributed by atoms with van der Waals surface area (Å²) >= 11 is 0. The van der Waals surface area contributed by atoms with Crippen LogP contribution < -0.4 is 0 Å². The third-order valence-electron chi connectivity index (χ3n) is 3.49. The topological polar surface area (TPSA) is 52.1 Å². The molecule has 0 aliphatic heterocycles. The van der Waals surface area contributed by atoms with E-state index in [2.05, 4.69) is 9.97 Å². The van der Waals surface area contributed by atoms with Gasteiger partial charge >= 0.3 is 0 Å². The van der Waals surface area contributed by atoms with Gasteiger partial charge in [-0.15, -0.1) is 0 Å². The fraction of sp³-hybridized carbons (Fsp3) is 0.111. The molecule has 0 aliphatic carbocycles. The Kier molecular flexibility index (Phi) is 2.82. The largest absolute Gasteiger partial charge is 0.437 e. The molecule has 0 saturated heterocycles. The monoisotopic (exact) mass is 290 g/mol. The van der Waals surface area contributed by atoms with E-state index in [1.165, 1.54) is 0 Å². The SMILES string of the molecule is Cc1ccc2oc(C=Cc3nc4cc(C)ccc4o3)nc2c1. The average molecular weight is 290 g/mol. The van der Waals surface area contributed by atoms with Gasteiger partial charge in [0, 0.05) is 12.2 Å². The Labute approximate surface area is 127 Å². The second kappa shape index (κ2) is 4.84. The zero-order chi connectivity index (χ0) is 15.1. The molecular formula is C18H14N2O2. The first-order valence-corrected chi connectivity index (χ1v) is 7.10. The molecule has 0 spiro atoms. The van der Waals surface area contributed by atoms with E-state index >= 15 is 0 Å². The lowest BCUT2D eigenvalue weighted by Gasteiger charge is -1.87. The van der Waals surface area contributed by atoms with Crippen molar-refractivity contribution in [1.29, 1.82) is 0 Å². The van der Waals surface area contributed by atoms with Gasteiger partial charge in [-0.1, -0.05) is 12.1 Å². The van der Waals surface area contributed by atoms with Crippen molar-refractivity contribution in [3.8, 4) is 0 Å². The van der Waals surface area contributed by atoms with Gasteiger partial charge < -0.3 is 8.83 Å². The predicted molar refractivity (Wildman–Crippen MR) is 86.4 cm³/mol. The molecule has 0 saturated carbocycles. The lowest BCUT2D eigenvalue weighted by atomic mass is 10.2. The summed E-state index contributed by atoms with van der Waals surface area (Å²) in [5.41, 5.74) is 5.58. The summed E-state index contributed by atoms with van der Waals surface area (Å²) in [4.78, 5) is 8.87. The summed E-state index contributed by atoms with van der Waals surface area (Å²) in [6.45, 7) is 4.06. The maximum Gasteiger partial charge on any atom is 0.220 e. The van der Waals surface area contributed by atoms with E-state index in [9.17, 15) is 0 Å². The summed E-state index contributed by atoms with van der Waals surface area (Å²) in [5.74, 6) is 1.08. The quantitative estimate of drug-likeness (QED) is 0.534. The maximum absolute atomic E-state index is 5.67. The smallest absolute Gasteiger partial charge is 0.220 e. The second-order valence-corrected chi connectivity index (χ2v) is 5.38. The van der Waals surface area contributed by atoms with E-state index in [-0.39, 0.29) is 0 Å². The highest BCUT2D eigenvalue weighted by molar-refractivity contribution is 5.78. The van der Waals surface area contributed by atoms with Crippen LogP contribution >= 0.6 is 0 Å². The average Bonchev–Trinajstić information content (AvgIpc) is 3.07. The Hall–Kier alpha value is -2.88. The van der Waals surface area contributed by atoms with Crippen LogP contribution in [0.25, 0.3) is 34.4 Å². The van der Waals surface area contributed by atoms with Crippen LogP contribution in [0.4, 0.5) is 0 Å². The van der Waals surface area contributed by atoms with Gasteiger partial charge in [0.05, 0.1) is 0 Å². The van der Waals surface area contributed by atoms with Crippen LogP contribution in [-0.2, 0) is 0 Å². The van der Waals surface area contributed by atoms with Crippen LogP contribution in [-0.4, -0.2) is 9.97 Å². The number of aryl methyl sites for hydroxylation is 2. The van der Waals surface area contributed by atoms with E-state index in [1.807, 2.05) is 50.2 Å². The fourth-order valence-electron chi connectivity index (χ4n) is 2.40. The van der Waals surface area contributed by atoms with Gasteiger partial charge in [0.2, 0.25) is 11.8 Å². The number of fused-ring (bicyclic) bond motifs is 2. The Morgan fingerprint density at radius 2 is 1.18 bits per heavy atom. The van der Waals surface area contributed by atoms with E-state index in [0.29, 0.717) is 11.8 Å². The van der Waals surface area contributed by atoms with Gasteiger partial charge in [0.1, 0.15) is 11.0 Å². The lowest BCUT2D eigenvalue weighted by molar-refractivity contribution is 0.583. The molecule has 0 unspecified atom stereocenters. The summed E-state index contributed by atoms with van der Waals surface area (Å²) in [6.07, 6.45) is 3.54. The van der Waals surface area contributed by atoms with Gasteiger partial charge in [0.25, 0.3) is 0 Å². The minimum Gasteiger partial charge on any atom is -0.437 e. The van der Waals surface area contributed by atoms with Crippen molar-refractivity contribution in [2.75, 3.05) is 0 Å². The van der Waals surface area contributed by atoms with Crippen molar-refractivity contribution in [3.63, 3.8) is 0 Å². The van der Waals surface area contributed by atoms with Crippen LogP contribution in [0.3, 0.4) is 0 Å². The standard InChI is InChI=1S/C18H14N2O2/c1-11-3-5-15-13(9-11)19-17(21-15)7-8-18-20-14-10-12(2)4-6-16(14)22-18/h3-10H,1-2H3. The van der Waals surface area contributed by atoms with Crippen LogP contribution in [0.2, 0.25) is 0 Å². The van der Waals surface area contributed by atoms with Crippen molar-refractivity contribution in [1.82, 2.24) is 9.97 Å². The molecule has 2 aromatic heterocycles. The number of aromatic nitrogens is 2. The predicted octanol–water partition coefficient (Wildman–Crippen LogP) is 4.76. The number of hydrogen-bond acceptors (Lipinski definition) is 4. The molecule has 4 rings (SSSR count). The second-order valence-electron chi connectivity index (χ2n) is 5.38. The molecule has 0 amide bonds. The molecule has 4 nitrogen and oxygen atoms in total. The minimum absolute atomic E-state index is 0.541. The van der Waals surface area contributed by atoms with Gasteiger partial charge in [-0.2, -0.15) is 0 Å². The molecule has 0 atom stereocenters. The Morgan fingerprint density at radius 3 is 1.64 bits per heavy atom. The highest BCUT2D eigenvalue weighted by Gasteiger charge is 2.05. The van der Waals surface area contributed by atoms with Crippen molar-refractivity contribution in [3.05, 3.63) is 59.3 Å². The van der Waals surface area contributed by atoms with Crippen molar-refractivity contribution >= 4 is 34.4 Å². The number of oxazole rings is 2. The normalized spacial score (nSPS) is 11.9. The van der Waals surface area contributed by atoms with Gasteiger partial charge in [-0.3, -0.25) is 0 Å². The molecule has 22 heavy (non-hydrogen) atoms. The molecule has 0 bridgehead atoms. The van der Waals surface area contributed by atoms with Gasteiger partial charge in [-0.05, 0) is 49.2 Å². The zero-order valence-corrected chi connectivity index (χ0v) is 12.3. The fourth-order valence-corrected chi connectivity index (χ4v) is 2.40. The Morgan fingerprint density at radius 1 is 0.727 bits per heavy atom. The molecule has 0 aliphatic rings. The molecule has 0 fully saturated rings. The zero-order valence-electron chi connectivity index (χ0n) is 12.3. The number of nitrogens with zero attached hydrogens (tertiary/aromatic N) is 2. The molecule has 2 aromatic carbocycles. The molecule has 2 heterocycles. The van der Waals surface area contributed by atoms with E-state index in [1.54, 1.807) is 12.2 Å². The van der Waals surface area contributed by atoms with Crippen LogP contribution in [0, 0.1) is 13.8 Å². The number of rotatable bonds is 2. The third-order valence-corrected chi connectivity index (χ3v) is 3.49. The number of hydrogen-bond donors (Lipinski definition) is 0. The van der Waals surface area contributed by atoms with Crippen LogP contribution in [0.15, 0.2) is 45.2 Å². The Bertz CT molecular complexity index is 926.